The van der Waals surface area contributed by atoms with Crippen LogP contribution in [0.2, 0.25) is 0 Å². The van der Waals surface area contributed by atoms with Gasteiger partial charge in [-0.25, -0.2) is 22.0 Å². The van der Waals surface area contributed by atoms with Crippen LogP contribution in [0.3, 0.4) is 0 Å². The van der Waals surface area contributed by atoms with Gasteiger partial charge in [-0.3, -0.25) is 19.1 Å². The van der Waals surface area contributed by atoms with Crippen molar-refractivity contribution >= 4 is 39.9 Å². The summed E-state index contributed by atoms with van der Waals surface area (Å²) in [6, 6.07) is 13.9. The minimum atomic E-state index is -4.13. The average Bonchev–Trinajstić information content (AvgIpc) is 4.05. The monoisotopic (exact) mass is 779 g/mol. The number of sulfonamides is 1. The number of benzene rings is 2. The Labute approximate surface area is 317 Å². The first-order valence-corrected chi connectivity index (χ1v) is 20.0. The molecule has 4 aliphatic rings. The topological polar surface area (TPSA) is 182 Å². The minimum Gasteiger partial charge on any atom is -0.450 e. The molecule has 55 heavy (non-hydrogen) atoms. The molecule has 3 fully saturated rings. The van der Waals surface area contributed by atoms with Gasteiger partial charge in [0.05, 0.1) is 23.8 Å². The third kappa shape index (κ3) is 7.97. The van der Waals surface area contributed by atoms with Gasteiger partial charge in [0.2, 0.25) is 28.3 Å². The maximum Gasteiger partial charge on any atom is 0.407 e. The van der Waals surface area contributed by atoms with Gasteiger partial charge >= 0.3 is 6.09 Å². The molecule has 1 unspecified atom stereocenters. The third-order valence-electron chi connectivity index (χ3n) is 10.6. The predicted molar refractivity (Wildman–Crippen MR) is 196 cm³/mol. The molecule has 2 aliphatic heterocycles. The summed E-state index contributed by atoms with van der Waals surface area (Å²) in [4.78, 5) is 57.7. The van der Waals surface area contributed by atoms with Crippen LogP contribution in [0.1, 0.15) is 64.0 Å². The highest BCUT2D eigenvalue weighted by Gasteiger charge is 2.66. The lowest BCUT2D eigenvalue weighted by Crippen LogP contribution is -2.59. The lowest BCUT2D eigenvalue weighted by molar-refractivity contribution is -0.142. The number of hydrogen-bond acceptors (Lipinski definition) is 9. The molecule has 14 nitrogen and oxygen atoms in total. The number of alkyl halides is 2. The standard InChI is InChI=1S/C38H43F2N7O7S/c1-22(2)30-35(49)46-21-26(19-29(46)34(48)42-38(20-28(38)33(39)40)36(50)45-55(52,53)27-15-16-27)47-43-31(24-12-6-3-7-13-24)32(44-47)25-14-9-11-23(18-25)10-5-4-8-17-54-37(51)41-30/h3,5-7,9-14,18,22,26-30,33H,4,8,15-17,19-21H2,1-2H3,(H,41,51)(H,42,48)(H,45,50)/b10-5+/t26?,28-,29-,30-,38-/m0/s1. The quantitative estimate of drug-likeness (QED) is 0.304. The molecule has 1 aromatic heterocycles. The van der Waals surface area contributed by atoms with E-state index in [1.165, 1.54) is 9.70 Å². The smallest absolute Gasteiger partial charge is 0.407 e. The van der Waals surface area contributed by atoms with Gasteiger partial charge in [0.15, 0.2) is 0 Å². The molecule has 17 heteroatoms. The van der Waals surface area contributed by atoms with E-state index in [0.717, 1.165) is 16.7 Å². The second-order valence-electron chi connectivity index (χ2n) is 14.9. The molecule has 4 amide bonds. The summed E-state index contributed by atoms with van der Waals surface area (Å²) in [7, 11) is -4.13. The van der Waals surface area contributed by atoms with E-state index in [-0.39, 0.29) is 19.6 Å². The van der Waals surface area contributed by atoms with Crippen LogP contribution in [-0.4, -0.2) is 94.6 Å². The van der Waals surface area contributed by atoms with Gasteiger partial charge in [-0.15, -0.1) is 0 Å². The first-order valence-electron chi connectivity index (χ1n) is 18.5. The maximum atomic E-state index is 14.4. The summed E-state index contributed by atoms with van der Waals surface area (Å²) in [5, 5.41) is 14.1. The summed E-state index contributed by atoms with van der Waals surface area (Å²) in [5.74, 6) is -4.93. The van der Waals surface area contributed by atoms with Crippen molar-refractivity contribution in [3.8, 4) is 22.5 Å². The van der Waals surface area contributed by atoms with Crippen molar-refractivity contribution in [2.24, 2.45) is 11.8 Å². The summed E-state index contributed by atoms with van der Waals surface area (Å²) in [5.41, 5.74) is 1.34. The van der Waals surface area contributed by atoms with E-state index in [1.807, 2.05) is 71.5 Å². The summed E-state index contributed by atoms with van der Waals surface area (Å²) in [6.45, 7) is 3.39. The van der Waals surface area contributed by atoms with Crippen LogP contribution in [0, 0.1) is 11.8 Å². The van der Waals surface area contributed by atoms with Crippen LogP contribution in [-0.2, 0) is 29.1 Å². The zero-order chi connectivity index (χ0) is 39.1. The van der Waals surface area contributed by atoms with Crippen molar-refractivity contribution < 1.29 is 41.1 Å². The Bertz CT molecular complexity index is 2110. The van der Waals surface area contributed by atoms with Crippen LogP contribution in [0.25, 0.3) is 28.6 Å². The second-order valence-corrected chi connectivity index (χ2v) is 16.9. The van der Waals surface area contributed by atoms with E-state index >= 15 is 0 Å². The highest BCUT2D eigenvalue weighted by Crippen LogP contribution is 2.48. The number of rotatable bonds is 8. The molecule has 3 heterocycles. The van der Waals surface area contributed by atoms with Crippen molar-refractivity contribution in [3.05, 3.63) is 66.2 Å². The number of nitrogens with one attached hydrogen (secondary N) is 3. The molecule has 1 saturated heterocycles. The number of fused-ring (bicyclic) bond motifs is 8. The molecule has 0 spiro atoms. The largest absolute Gasteiger partial charge is 0.450 e. The molecule has 292 valence electrons. The van der Waals surface area contributed by atoms with Gasteiger partial charge in [-0.2, -0.15) is 15.0 Å². The van der Waals surface area contributed by atoms with Crippen molar-refractivity contribution in [2.75, 3.05) is 13.2 Å². The molecule has 7 rings (SSSR count). The first-order chi connectivity index (χ1) is 26.3. The summed E-state index contributed by atoms with van der Waals surface area (Å²) < 4.78 is 60.9. The van der Waals surface area contributed by atoms with Crippen LogP contribution >= 0.6 is 0 Å². The van der Waals surface area contributed by atoms with Crippen LogP contribution < -0.4 is 15.4 Å². The molecule has 2 aliphatic carbocycles. The van der Waals surface area contributed by atoms with E-state index in [1.54, 1.807) is 13.8 Å². The van der Waals surface area contributed by atoms with E-state index < -0.39 is 87.4 Å². The summed E-state index contributed by atoms with van der Waals surface area (Å²) >= 11 is 0. The molecular weight excluding hydrogens is 737 g/mol. The van der Waals surface area contributed by atoms with Gasteiger partial charge in [-0.1, -0.05) is 74.5 Å². The molecule has 6 bridgehead atoms. The number of nitrogens with zero attached hydrogens (tertiary/aromatic N) is 4. The number of aromatic nitrogens is 3. The molecule has 3 N–H and O–H groups in total. The van der Waals surface area contributed by atoms with E-state index in [0.29, 0.717) is 37.1 Å². The molecule has 2 aromatic carbocycles. The molecular formula is C38H43F2N7O7S. The molecule has 3 aromatic rings. The van der Waals surface area contributed by atoms with Gasteiger partial charge in [-0.05, 0) is 49.7 Å². The highest BCUT2D eigenvalue weighted by atomic mass is 32.2. The Hall–Kier alpha value is -5.19. The Morgan fingerprint density at radius 3 is 2.40 bits per heavy atom. The van der Waals surface area contributed by atoms with Crippen molar-refractivity contribution in [1.29, 1.82) is 0 Å². The van der Waals surface area contributed by atoms with Crippen molar-refractivity contribution in [3.63, 3.8) is 0 Å². The van der Waals surface area contributed by atoms with Crippen molar-refractivity contribution in [2.45, 2.75) is 87.7 Å². The highest BCUT2D eigenvalue weighted by molar-refractivity contribution is 7.91. The van der Waals surface area contributed by atoms with Gasteiger partial charge < -0.3 is 20.3 Å². The number of cyclic esters (lactones) is 1. The molecule has 2 saturated carbocycles. The summed E-state index contributed by atoms with van der Waals surface area (Å²) in [6.07, 6.45) is 1.28. The van der Waals surface area contributed by atoms with Gasteiger partial charge in [0.25, 0.3) is 5.91 Å². The van der Waals surface area contributed by atoms with Crippen molar-refractivity contribution in [1.82, 2.24) is 35.2 Å². The fraction of sp³-hybridized carbons (Fsp3) is 0.474. The first kappa shape index (κ1) is 38.1. The molecule has 5 atom stereocenters. The van der Waals surface area contributed by atoms with E-state index in [2.05, 4.69) is 10.6 Å². The number of amides is 4. The lowest BCUT2D eigenvalue weighted by atomic mass is 10.0. The van der Waals surface area contributed by atoms with Gasteiger partial charge in [0, 0.05) is 24.1 Å². The van der Waals surface area contributed by atoms with Crippen LogP contribution in [0.15, 0.2) is 60.7 Å². The Kier molecular flexibility index (Phi) is 10.5. The number of halogens is 2. The van der Waals surface area contributed by atoms with Crippen LogP contribution in [0.5, 0.6) is 0 Å². The Balaban J connectivity index is 1.27. The number of carbonyl (C=O) groups excluding carboxylic acids is 4. The number of ether oxygens (including phenoxy) is 1. The van der Waals surface area contributed by atoms with E-state index in [4.69, 9.17) is 14.9 Å². The fourth-order valence-corrected chi connectivity index (χ4v) is 8.58. The fourth-order valence-electron chi connectivity index (χ4n) is 7.22. The minimum absolute atomic E-state index is 0.0839. The predicted octanol–water partition coefficient (Wildman–Crippen LogP) is 4.06. The maximum absolute atomic E-state index is 14.4. The zero-order valence-corrected chi connectivity index (χ0v) is 31.2. The number of allylic oxidation sites excluding steroid dienone is 1. The molecule has 0 radical (unpaired) electrons. The number of carbonyl (C=O) groups is 4. The third-order valence-corrected chi connectivity index (χ3v) is 12.4. The Morgan fingerprint density at radius 2 is 1.73 bits per heavy atom. The average molecular weight is 780 g/mol. The lowest BCUT2D eigenvalue weighted by Gasteiger charge is -2.31. The normalized spacial score (nSPS) is 26.3. The number of alkyl carbamates (subject to hydrolysis) is 1. The van der Waals surface area contributed by atoms with Gasteiger partial charge in [0.1, 0.15) is 29.0 Å². The number of hydrogen-bond donors (Lipinski definition) is 3. The van der Waals surface area contributed by atoms with Crippen LogP contribution in [0.4, 0.5) is 13.6 Å². The Morgan fingerprint density at radius 1 is 1.02 bits per heavy atom. The second kappa shape index (κ2) is 15.2. The van der Waals surface area contributed by atoms with E-state index in [9.17, 15) is 36.4 Å². The zero-order valence-electron chi connectivity index (χ0n) is 30.4. The SMILES string of the molecule is CC(C)[C@@H]1NC(=O)OCCC/C=C/c2cccc(c2)-c2nn(nc2-c2ccccc2)C2C[C@@H](C(=O)N[C@@]3(C(=O)NS(=O)(=O)C4CC4)C[C@H]3C(F)F)N(C2)C1=O.